The fourth-order valence-electron chi connectivity index (χ4n) is 3.08. The van der Waals surface area contributed by atoms with Gasteiger partial charge in [-0.05, 0) is 24.1 Å². The van der Waals surface area contributed by atoms with Crippen LogP contribution in [-0.2, 0) is 20.6 Å². The molecule has 3 rings (SSSR count). The highest BCUT2D eigenvalue weighted by atomic mass is 79.9. The fraction of sp³-hybridized carbons (Fsp3) is 0.368. The van der Waals surface area contributed by atoms with Gasteiger partial charge in [0.25, 0.3) is 5.56 Å². The van der Waals surface area contributed by atoms with Crippen LogP contribution >= 0.6 is 15.9 Å². The Bertz CT molecular complexity index is 1140. The number of carbonyl (C=O) groups is 1. The van der Waals surface area contributed by atoms with E-state index in [1.54, 1.807) is 11.6 Å². The van der Waals surface area contributed by atoms with Gasteiger partial charge in [-0.25, -0.2) is 9.78 Å². The summed E-state index contributed by atoms with van der Waals surface area (Å²) in [5.74, 6) is 0.0919. The first-order valence-electron chi connectivity index (χ1n) is 8.79. The van der Waals surface area contributed by atoms with E-state index in [1.165, 1.54) is 11.6 Å². The summed E-state index contributed by atoms with van der Waals surface area (Å²) in [6, 6.07) is 7.65. The lowest BCUT2D eigenvalue weighted by Gasteiger charge is -2.10. The summed E-state index contributed by atoms with van der Waals surface area (Å²) in [4.78, 5) is 42.2. The number of fused-ring (bicyclic) bond motifs is 1. The Morgan fingerprint density at radius 1 is 1.19 bits per heavy atom. The van der Waals surface area contributed by atoms with Gasteiger partial charge in [-0.3, -0.25) is 18.7 Å². The number of nitrogens with zero attached hydrogens (tertiary/aromatic N) is 4. The van der Waals surface area contributed by atoms with Crippen molar-refractivity contribution in [2.24, 2.45) is 14.1 Å². The lowest BCUT2D eigenvalue weighted by atomic mass is 10.1. The Kier molecular flexibility index (Phi) is 5.46. The molecule has 0 fully saturated rings. The molecule has 7 nitrogen and oxygen atoms in total. The number of hydrogen-bond acceptors (Lipinski definition) is 4. The molecule has 142 valence electrons. The SMILES string of the molecule is CCCCC(=O)c1nc2c(c(=O)n(C)c(=O)n2C)n1Cc1cccc(Br)c1. The number of aryl methyl sites for hydroxylation is 1. The molecule has 27 heavy (non-hydrogen) atoms. The van der Waals surface area contributed by atoms with Crippen molar-refractivity contribution < 1.29 is 4.79 Å². The molecule has 0 unspecified atom stereocenters. The Hall–Kier alpha value is -2.48. The van der Waals surface area contributed by atoms with Crippen LogP contribution in [-0.4, -0.2) is 24.5 Å². The molecule has 2 heterocycles. The van der Waals surface area contributed by atoms with Crippen molar-refractivity contribution in [2.45, 2.75) is 32.7 Å². The van der Waals surface area contributed by atoms with E-state index in [2.05, 4.69) is 20.9 Å². The van der Waals surface area contributed by atoms with E-state index < -0.39 is 11.2 Å². The van der Waals surface area contributed by atoms with Crippen molar-refractivity contribution in [2.75, 3.05) is 0 Å². The van der Waals surface area contributed by atoms with Gasteiger partial charge >= 0.3 is 5.69 Å². The Morgan fingerprint density at radius 3 is 2.59 bits per heavy atom. The average molecular weight is 433 g/mol. The van der Waals surface area contributed by atoms with Gasteiger partial charge in [-0.15, -0.1) is 0 Å². The predicted molar refractivity (Wildman–Crippen MR) is 107 cm³/mol. The van der Waals surface area contributed by atoms with Gasteiger partial charge in [0.05, 0.1) is 6.54 Å². The van der Waals surface area contributed by atoms with Crippen LogP contribution in [0.5, 0.6) is 0 Å². The van der Waals surface area contributed by atoms with Crippen molar-refractivity contribution in [1.29, 1.82) is 0 Å². The molecule has 1 aromatic carbocycles. The van der Waals surface area contributed by atoms with E-state index in [-0.39, 0.29) is 22.8 Å². The lowest BCUT2D eigenvalue weighted by molar-refractivity contribution is 0.0966. The molecule has 0 aliphatic heterocycles. The molecule has 0 aliphatic rings. The molecule has 0 bridgehead atoms. The molecule has 0 spiro atoms. The molecule has 3 aromatic rings. The number of aromatic nitrogens is 4. The number of ketones is 1. The molecular weight excluding hydrogens is 412 g/mol. The third-order valence-electron chi connectivity index (χ3n) is 4.58. The van der Waals surface area contributed by atoms with Gasteiger partial charge in [0, 0.05) is 25.0 Å². The summed E-state index contributed by atoms with van der Waals surface area (Å²) < 4.78 is 4.90. The molecule has 0 saturated carbocycles. The third-order valence-corrected chi connectivity index (χ3v) is 5.08. The van der Waals surface area contributed by atoms with Gasteiger partial charge in [0.1, 0.15) is 0 Å². The van der Waals surface area contributed by atoms with Crippen molar-refractivity contribution in [1.82, 2.24) is 18.7 Å². The number of rotatable bonds is 6. The molecular formula is C19H21BrN4O3. The number of benzene rings is 1. The number of halogens is 1. The number of carbonyl (C=O) groups excluding carboxylic acids is 1. The van der Waals surface area contributed by atoms with Crippen LogP contribution in [0.25, 0.3) is 11.2 Å². The topological polar surface area (TPSA) is 78.9 Å². The number of imidazole rings is 1. The van der Waals surface area contributed by atoms with Crippen LogP contribution in [0.2, 0.25) is 0 Å². The molecule has 0 N–H and O–H groups in total. The maximum Gasteiger partial charge on any atom is 0.332 e. The molecule has 0 radical (unpaired) electrons. The van der Waals surface area contributed by atoms with Crippen molar-refractivity contribution >= 4 is 32.9 Å². The quantitative estimate of drug-likeness (QED) is 0.560. The van der Waals surface area contributed by atoms with Gasteiger partial charge in [-0.1, -0.05) is 41.4 Å². The first-order valence-corrected chi connectivity index (χ1v) is 9.58. The van der Waals surface area contributed by atoms with E-state index >= 15 is 0 Å². The van der Waals surface area contributed by atoms with Gasteiger partial charge in [0.15, 0.2) is 22.8 Å². The van der Waals surface area contributed by atoms with Crippen molar-refractivity contribution in [3.05, 3.63) is 61.0 Å². The minimum Gasteiger partial charge on any atom is -0.311 e. The Morgan fingerprint density at radius 2 is 1.93 bits per heavy atom. The van der Waals surface area contributed by atoms with Crippen LogP contribution in [0.15, 0.2) is 38.3 Å². The maximum absolute atomic E-state index is 12.8. The number of hydrogen-bond donors (Lipinski definition) is 0. The molecule has 0 amide bonds. The van der Waals surface area contributed by atoms with Crippen LogP contribution in [0.3, 0.4) is 0 Å². The second-order valence-corrected chi connectivity index (χ2v) is 7.47. The highest BCUT2D eigenvalue weighted by Crippen LogP contribution is 2.18. The van der Waals surface area contributed by atoms with Crippen molar-refractivity contribution in [3.8, 4) is 0 Å². The molecule has 0 atom stereocenters. The summed E-state index contributed by atoms with van der Waals surface area (Å²) in [5.41, 5.74) is 0.499. The zero-order chi connectivity index (χ0) is 19.7. The van der Waals surface area contributed by atoms with Crippen LogP contribution < -0.4 is 11.2 Å². The van der Waals surface area contributed by atoms with Gasteiger partial charge in [0.2, 0.25) is 0 Å². The summed E-state index contributed by atoms with van der Waals surface area (Å²) in [5, 5.41) is 0. The fourth-order valence-corrected chi connectivity index (χ4v) is 3.53. The second kappa shape index (κ2) is 7.64. The average Bonchev–Trinajstić information content (AvgIpc) is 3.02. The monoisotopic (exact) mass is 432 g/mol. The van der Waals surface area contributed by atoms with Crippen LogP contribution in [0.1, 0.15) is 42.4 Å². The largest absolute Gasteiger partial charge is 0.332 e. The Labute approximate surface area is 164 Å². The van der Waals surface area contributed by atoms with Crippen LogP contribution in [0, 0.1) is 0 Å². The second-order valence-electron chi connectivity index (χ2n) is 6.56. The van der Waals surface area contributed by atoms with E-state index in [0.717, 1.165) is 27.4 Å². The highest BCUT2D eigenvalue weighted by molar-refractivity contribution is 9.10. The summed E-state index contributed by atoms with van der Waals surface area (Å²) in [7, 11) is 2.99. The summed E-state index contributed by atoms with van der Waals surface area (Å²) in [6.45, 7) is 2.33. The number of unbranched alkanes of at least 4 members (excludes halogenated alkanes) is 1. The van der Waals surface area contributed by atoms with Gasteiger partial charge in [-0.2, -0.15) is 0 Å². The molecule has 8 heteroatoms. The molecule has 0 aliphatic carbocycles. The van der Waals surface area contributed by atoms with Gasteiger partial charge < -0.3 is 4.57 Å². The zero-order valence-electron chi connectivity index (χ0n) is 15.5. The summed E-state index contributed by atoms with van der Waals surface area (Å²) in [6.07, 6.45) is 1.99. The molecule has 0 saturated heterocycles. The third kappa shape index (κ3) is 3.53. The molecule has 2 aromatic heterocycles. The highest BCUT2D eigenvalue weighted by Gasteiger charge is 2.23. The standard InChI is InChI=1S/C19H21BrN4O3/c1-4-5-9-14(25)16-21-17-15(18(26)23(3)19(27)22(17)2)24(16)11-12-7-6-8-13(20)10-12/h6-8,10H,4-5,9,11H2,1-3H3. The van der Waals surface area contributed by atoms with Crippen molar-refractivity contribution in [3.63, 3.8) is 0 Å². The van der Waals surface area contributed by atoms with E-state index in [9.17, 15) is 14.4 Å². The van der Waals surface area contributed by atoms with E-state index in [4.69, 9.17) is 0 Å². The predicted octanol–water partition coefficient (Wildman–Crippen LogP) is 2.62. The minimum atomic E-state index is -0.466. The zero-order valence-corrected chi connectivity index (χ0v) is 17.1. The lowest BCUT2D eigenvalue weighted by Crippen LogP contribution is -2.37. The maximum atomic E-state index is 12.8. The van der Waals surface area contributed by atoms with E-state index in [0.29, 0.717) is 13.0 Å². The number of Topliss-reactive ketones (excluding diaryl/α,β-unsaturated/α-hetero) is 1. The minimum absolute atomic E-state index is 0.127. The Balaban J connectivity index is 2.28. The normalized spacial score (nSPS) is 11.3. The first-order chi connectivity index (χ1) is 12.8. The summed E-state index contributed by atoms with van der Waals surface area (Å²) >= 11 is 3.44. The first kappa shape index (κ1) is 19.3. The smallest absolute Gasteiger partial charge is 0.311 e. The van der Waals surface area contributed by atoms with E-state index in [1.807, 2.05) is 31.2 Å². The van der Waals surface area contributed by atoms with Crippen LogP contribution in [0.4, 0.5) is 0 Å².